The van der Waals surface area contributed by atoms with Gasteiger partial charge in [0.25, 0.3) is 0 Å². The van der Waals surface area contributed by atoms with Crippen molar-refractivity contribution in [1.82, 2.24) is 4.90 Å². The van der Waals surface area contributed by atoms with Crippen molar-refractivity contribution in [3.05, 3.63) is 27.8 Å². The smallest absolute Gasteiger partial charge is 0.230 e. The van der Waals surface area contributed by atoms with Gasteiger partial charge in [-0.2, -0.15) is 0 Å². The monoisotopic (exact) mass is 465 g/mol. The van der Waals surface area contributed by atoms with Crippen LogP contribution in [0.3, 0.4) is 0 Å². The Hall–Kier alpha value is -2.66. The second kappa shape index (κ2) is 7.17. The predicted octanol–water partition coefficient (Wildman–Crippen LogP) is -0.635. The number of amides is 1. The highest BCUT2D eigenvalue weighted by atomic mass is 35.5. The molecule has 2 saturated carbocycles. The number of phenolic OH excluding ortho intramolecular Hbond substituents is 1. The molecule has 0 heterocycles. The van der Waals surface area contributed by atoms with Crippen molar-refractivity contribution in [2.75, 3.05) is 19.8 Å². The van der Waals surface area contributed by atoms with Gasteiger partial charge in [-0.15, -0.1) is 0 Å². The van der Waals surface area contributed by atoms with Crippen LogP contribution < -0.4 is 11.5 Å². The van der Waals surface area contributed by atoms with Crippen LogP contribution in [0.4, 0.5) is 5.69 Å². The van der Waals surface area contributed by atoms with Gasteiger partial charge in [0.15, 0.2) is 17.1 Å². The van der Waals surface area contributed by atoms with Gasteiger partial charge in [0, 0.05) is 17.5 Å². The van der Waals surface area contributed by atoms with Gasteiger partial charge in [0.1, 0.15) is 11.7 Å². The molecule has 172 valence electrons. The number of halogens is 1. The topological polar surface area (TPSA) is 187 Å². The maximum absolute atomic E-state index is 13.6. The fourth-order valence-electron chi connectivity index (χ4n) is 5.64. The molecule has 4 rings (SSSR count). The molecule has 0 bridgehead atoms. The van der Waals surface area contributed by atoms with Crippen LogP contribution >= 0.6 is 11.6 Å². The highest BCUT2D eigenvalue weighted by Crippen LogP contribution is 2.53. The molecule has 32 heavy (non-hydrogen) atoms. The van der Waals surface area contributed by atoms with Crippen molar-refractivity contribution in [3.63, 3.8) is 0 Å². The zero-order valence-corrected chi connectivity index (χ0v) is 18.1. The summed E-state index contributed by atoms with van der Waals surface area (Å²) in [7, 11) is 3.18. The summed E-state index contributed by atoms with van der Waals surface area (Å²) in [6.45, 7) is 0. The fourth-order valence-corrected chi connectivity index (χ4v) is 5.86. The fraction of sp³-hybridized carbons (Fsp3) is 0.476. The Morgan fingerprint density at radius 3 is 2.47 bits per heavy atom. The van der Waals surface area contributed by atoms with Gasteiger partial charge in [0.05, 0.1) is 22.4 Å². The molecule has 2 fully saturated rings. The minimum atomic E-state index is -2.68. The molecule has 6 atom stereocenters. The lowest BCUT2D eigenvalue weighted by atomic mass is 9.54. The maximum Gasteiger partial charge on any atom is 0.230 e. The predicted molar refractivity (Wildman–Crippen MR) is 114 cm³/mol. The number of hydrogen-bond acceptors (Lipinski definition) is 9. The molecule has 3 aliphatic carbocycles. The summed E-state index contributed by atoms with van der Waals surface area (Å²) in [6, 6.07) is 0.546. The average molecular weight is 466 g/mol. The van der Waals surface area contributed by atoms with Crippen LogP contribution in [0.15, 0.2) is 11.6 Å². The number of aliphatic hydroxyl groups is 3. The van der Waals surface area contributed by atoms with E-state index < -0.39 is 64.5 Å². The molecule has 10 nitrogen and oxygen atoms in total. The quantitative estimate of drug-likeness (QED) is 0.187. The van der Waals surface area contributed by atoms with Gasteiger partial charge in [-0.05, 0) is 44.5 Å². The number of nitrogens with zero attached hydrogens (tertiary/aromatic N) is 1. The van der Waals surface area contributed by atoms with E-state index in [2.05, 4.69) is 0 Å². The van der Waals surface area contributed by atoms with Crippen LogP contribution in [-0.4, -0.2) is 74.6 Å². The average Bonchev–Trinajstić information content (AvgIpc) is 2.68. The summed E-state index contributed by atoms with van der Waals surface area (Å²) >= 11 is 6.07. The Morgan fingerprint density at radius 1 is 1.28 bits per heavy atom. The van der Waals surface area contributed by atoms with Crippen molar-refractivity contribution >= 4 is 40.5 Å². The number of aromatic hydroxyl groups is 1. The van der Waals surface area contributed by atoms with Crippen LogP contribution in [0.25, 0.3) is 5.76 Å². The largest absolute Gasteiger partial charge is 0.507 e. The first kappa shape index (κ1) is 22.5. The van der Waals surface area contributed by atoms with E-state index in [0.717, 1.165) is 0 Å². The summed E-state index contributed by atoms with van der Waals surface area (Å²) in [5.74, 6) is -8.06. The Bertz CT molecular complexity index is 1100. The third-order valence-corrected chi connectivity index (χ3v) is 7.38. The van der Waals surface area contributed by atoms with Crippen molar-refractivity contribution < 1.29 is 34.8 Å². The zero-order valence-electron chi connectivity index (χ0n) is 17.4. The van der Waals surface area contributed by atoms with Crippen LogP contribution in [0.2, 0.25) is 5.02 Å². The molecule has 8 N–H and O–H groups in total. The molecule has 11 heteroatoms. The first-order valence-corrected chi connectivity index (χ1v) is 10.4. The van der Waals surface area contributed by atoms with Crippen molar-refractivity contribution in [2.45, 2.75) is 30.6 Å². The molecular weight excluding hydrogens is 442 g/mol. The van der Waals surface area contributed by atoms with E-state index in [1.165, 1.54) is 11.0 Å². The molecule has 0 aromatic heterocycles. The number of likely N-dealkylation sites (N-methyl/N-ethyl adjacent to an activating group) is 1. The molecule has 1 aromatic rings. The van der Waals surface area contributed by atoms with Gasteiger partial charge in [-0.25, -0.2) is 0 Å². The molecule has 0 saturated heterocycles. The number of carbonyl (C=O) groups excluding carboxylic acids is 3. The lowest BCUT2D eigenvalue weighted by Gasteiger charge is -2.53. The number of ketones is 2. The van der Waals surface area contributed by atoms with Crippen LogP contribution in [0, 0.1) is 17.8 Å². The van der Waals surface area contributed by atoms with Gasteiger partial charge >= 0.3 is 0 Å². The number of carbonyl (C=O) groups is 3. The number of Topliss-reactive ketones (excluding diaryl/α,β-unsaturated/α-hetero) is 2. The van der Waals surface area contributed by atoms with Gasteiger partial charge in [0.2, 0.25) is 11.7 Å². The summed E-state index contributed by atoms with van der Waals surface area (Å²) in [4.78, 5) is 40.2. The second-order valence-electron chi connectivity index (χ2n) is 8.94. The maximum atomic E-state index is 13.6. The third-order valence-electron chi connectivity index (χ3n) is 7.07. The number of aliphatic hydroxyl groups excluding tert-OH is 2. The van der Waals surface area contributed by atoms with Crippen molar-refractivity contribution in [1.29, 1.82) is 0 Å². The molecule has 2 unspecified atom stereocenters. The number of nitrogen functional groups attached to an aromatic ring is 1. The van der Waals surface area contributed by atoms with E-state index in [1.54, 1.807) is 14.1 Å². The van der Waals surface area contributed by atoms with Crippen molar-refractivity contribution in [2.24, 2.45) is 23.5 Å². The van der Waals surface area contributed by atoms with Crippen LogP contribution in [-0.2, 0) is 20.8 Å². The first-order chi connectivity index (χ1) is 14.8. The summed E-state index contributed by atoms with van der Waals surface area (Å²) in [6.07, 6.45) is -1.31. The Labute approximate surface area is 188 Å². The summed E-state index contributed by atoms with van der Waals surface area (Å²) in [5, 5.41) is 43.7. The Kier molecular flexibility index (Phi) is 5.05. The van der Waals surface area contributed by atoms with Crippen LogP contribution in [0.1, 0.15) is 17.5 Å². The molecule has 1 amide bonds. The zero-order chi connectivity index (χ0) is 23.9. The lowest BCUT2D eigenvalue weighted by molar-refractivity contribution is -0.184. The van der Waals surface area contributed by atoms with Crippen LogP contribution in [0.5, 0.6) is 5.75 Å². The number of benzene rings is 1. The van der Waals surface area contributed by atoms with E-state index >= 15 is 0 Å². The van der Waals surface area contributed by atoms with Gasteiger partial charge < -0.3 is 36.8 Å². The van der Waals surface area contributed by atoms with Gasteiger partial charge in [-0.3, -0.25) is 14.4 Å². The number of nitrogens with two attached hydrogens (primary N) is 2. The van der Waals surface area contributed by atoms with E-state index in [-0.39, 0.29) is 34.7 Å². The molecule has 0 radical (unpaired) electrons. The SMILES string of the molecule is CN(C)[C@@H]1C(O)C(C(N)=O)C(=O)[C@@]2(O)C(=O)C3=C(O)c4c(cc(Cl)c(N)c4O)C[C@H]3C[C@@H]12. The lowest BCUT2D eigenvalue weighted by Crippen LogP contribution is -2.73. The minimum absolute atomic E-state index is 0.0426. The number of phenols is 1. The van der Waals surface area contributed by atoms with E-state index in [1.807, 2.05) is 0 Å². The van der Waals surface area contributed by atoms with E-state index in [0.29, 0.717) is 5.56 Å². The highest BCUT2D eigenvalue weighted by molar-refractivity contribution is 6.33. The Morgan fingerprint density at radius 2 is 1.91 bits per heavy atom. The minimum Gasteiger partial charge on any atom is -0.507 e. The van der Waals surface area contributed by atoms with E-state index in [4.69, 9.17) is 23.1 Å². The van der Waals surface area contributed by atoms with Crippen molar-refractivity contribution in [3.8, 4) is 5.75 Å². The number of anilines is 1. The number of primary amides is 1. The Balaban J connectivity index is 1.93. The summed E-state index contributed by atoms with van der Waals surface area (Å²) in [5.41, 5.74) is 8.34. The van der Waals surface area contributed by atoms with E-state index in [9.17, 15) is 34.8 Å². The molecule has 0 spiro atoms. The second-order valence-corrected chi connectivity index (χ2v) is 9.35. The number of hydrogen-bond donors (Lipinski definition) is 6. The molecule has 3 aliphatic rings. The standard InChI is InChI=1S/C21H24ClN3O7/c1-25(2)14-8-4-6-3-7-5-9(22)13(23)16(27)10(7)15(26)11(6)18(29)21(8,32)19(30)12(17(14)28)20(24)31/h5-6,8,12,14,17,26-28,32H,3-4,23H2,1-2H3,(H2,24,31)/t6-,8-,12?,14-,17?,21-/m0/s1. The molecule has 1 aromatic carbocycles. The first-order valence-electron chi connectivity index (χ1n) is 10.0. The third kappa shape index (κ3) is 2.73. The number of fused-ring (bicyclic) bond motifs is 3. The highest BCUT2D eigenvalue weighted by Gasteiger charge is 2.67. The number of rotatable bonds is 2. The normalized spacial score (nSPS) is 34.2. The molecular formula is C21H24ClN3O7. The molecule has 0 aliphatic heterocycles. The van der Waals surface area contributed by atoms with Gasteiger partial charge in [-0.1, -0.05) is 11.6 Å². The summed E-state index contributed by atoms with van der Waals surface area (Å²) < 4.78 is 0.